The van der Waals surface area contributed by atoms with Gasteiger partial charge in [-0.15, -0.1) is 0 Å². The number of fused-ring (bicyclic) bond motifs is 1. The number of hydrogen-bond donors (Lipinski definition) is 2. The van der Waals surface area contributed by atoms with E-state index >= 15 is 0 Å². The summed E-state index contributed by atoms with van der Waals surface area (Å²) in [6, 6.07) is 19.0. The number of aliphatic imine (C=N–C) groups is 1. The van der Waals surface area contributed by atoms with Gasteiger partial charge in [-0.05, 0) is 69.5 Å². The van der Waals surface area contributed by atoms with Crippen molar-refractivity contribution in [2.45, 2.75) is 44.7 Å². The van der Waals surface area contributed by atoms with Gasteiger partial charge in [0.1, 0.15) is 11.5 Å². The number of nitrogens with zero attached hydrogens (tertiary/aromatic N) is 5. The van der Waals surface area contributed by atoms with Crippen molar-refractivity contribution in [1.82, 2.24) is 18.9 Å². The number of nitrogens with one attached hydrogen (secondary N) is 1. The molecule has 0 unspecified atom stereocenters. The van der Waals surface area contributed by atoms with E-state index in [1.165, 1.54) is 25.9 Å². The Kier molecular flexibility index (Phi) is 8.23. The maximum absolute atomic E-state index is 13.2. The van der Waals surface area contributed by atoms with Crippen LogP contribution < -0.4 is 21.6 Å². The molecule has 6 rings (SSSR count). The Hall–Kier alpha value is -4.14. The summed E-state index contributed by atoms with van der Waals surface area (Å²) in [4.78, 5) is 22.7. The van der Waals surface area contributed by atoms with Crippen molar-refractivity contribution in [1.29, 1.82) is 0 Å². The molecular formula is C35H43N7O. The number of piperazine rings is 1. The summed E-state index contributed by atoms with van der Waals surface area (Å²) in [6.45, 7) is 11.0. The Labute approximate surface area is 253 Å². The van der Waals surface area contributed by atoms with Gasteiger partial charge < -0.3 is 25.1 Å². The maximum atomic E-state index is 13.2. The first-order valence-electron chi connectivity index (χ1n) is 15.4. The van der Waals surface area contributed by atoms with E-state index in [0.717, 1.165) is 64.2 Å². The molecule has 1 aliphatic carbocycles. The predicted octanol–water partition coefficient (Wildman–Crippen LogP) is 4.16. The minimum atomic E-state index is -0.139. The van der Waals surface area contributed by atoms with Gasteiger partial charge in [-0.2, -0.15) is 0 Å². The Morgan fingerprint density at radius 2 is 1.65 bits per heavy atom. The molecule has 224 valence electrons. The van der Waals surface area contributed by atoms with Crippen LogP contribution in [-0.2, 0) is 7.05 Å². The van der Waals surface area contributed by atoms with E-state index in [1.54, 1.807) is 6.21 Å². The van der Waals surface area contributed by atoms with Crippen molar-refractivity contribution in [2.24, 2.45) is 17.8 Å². The third-order valence-corrected chi connectivity index (χ3v) is 9.41. The Morgan fingerprint density at radius 3 is 2.33 bits per heavy atom. The second-order valence-electron chi connectivity index (χ2n) is 12.0. The summed E-state index contributed by atoms with van der Waals surface area (Å²) in [5.41, 5.74) is 10.9. The number of likely N-dealkylation sites (N-methyl/N-ethyl adjacent to an activating group) is 1. The smallest absolute Gasteiger partial charge is 0.272 e. The molecule has 0 atom stereocenters. The molecule has 1 amide bonds. The van der Waals surface area contributed by atoms with Crippen LogP contribution in [0.4, 0.5) is 5.69 Å². The molecule has 43 heavy (non-hydrogen) atoms. The molecule has 1 aliphatic heterocycles. The van der Waals surface area contributed by atoms with Gasteiger partial charge in [-0.3, -0.25) is 9.69 Å². The molecule has 2 fully saturated rings. The predicted molar refractivity (Wildman–Crippen MR) is 178 cm³/mol. The van der Waals surface area contributed by atoms with Crippen LogP contribution in [-0.4, -0.2) is 70.3 Å². The summed E-state index contributed by atoms with van der Waals surface area (Å²) in [6.07, 6.45) is 8.59. The Balaban J connectivity index is 1.23. The standard InChI is InChI=1S/C35H43N7O/c1-5-37-34(36)33-24(2)42(29-16-14-28(15-17-29)41-20-18-39(3)19-21-41)23-30(33)25-10-12-27(13-11-25)38-35(43)32-22-26-8-6-7-9-31(26)40(32)4/h5-13,22-23,28-29H,2,14-21,36H2,1,3-4H3,(H,38,43)/b34-33+,37-5-. The zero-order chi connectivity index (χ0) is 30.1. The first-order chi connectivity index (χ1) is 20.8. The van der Waals surface area contributed by atoms with E-state index in [-0.39, 0.29) is 5.91 Å². The van der Waals surface area contributed by atoms with E-state index in [2.05, 4.69) is 44.5 Å². The van der Waals surface area contributed by atoms with Gasteiger partial charge in [0, 0.05) is 90.4 Å². The molecule has 4 aromatic rings. The van der Waals surface area contributed by atoms with E-state index in [1.807, 2.05) is 73.1 Å². The highest BCUT2D eigenvalue weighted by Gasteiger charge is 2.29. The number of carbonyl (C=O) groups excluding carboxylic acids is 1. The number of aromatic nitrogens is 2. The number of nitrogens with two attached hydrogens (primary N) is 1. The minimum absolute atomic E-state index is 0.139. The first-order valence-corrected chi connectivity index (χ1v) is 15.4. The number of para-hydroxylation sites is 1. The van der Waals surface area contributed by atoms with Crippen LogP contribution in [0.15, 0.2) is 65.8 Å². The lowest BCUT2D eigenvalue weighted by Gasteiger charge is -2.41. The molecule has 3 N–H and O–H groups in total. The normalized spacial score (nSPS) is 21.0. The van der Waals surface area contributed by atoms with Crippen molar-refractivity contribution in [3.63, 3.8) is 0 Å². The molecule has 2 aromatic carbocycles. The second-order valence-corrected chi connectivity index (χ2v) is 12.0. The van der Waals surface area contributed by atoms with E-state index in [9.17, 15) is 4.79 Å². The van der Waals surface area contributed by atoms with Gasteiger partial charge in [-0.25, -0.2) is 4.99 Å². The van der Waals surface area contributed by atoms with Gasteiger partial charge in [0.2, 0.25) is 0 Å². The molecule has 2 aromatic heterocycles. The van der Waals surface area contributed by atoms with Crippen LogP contribution in [0, 0.1) is 0 Å². The van der Waals surface area contributed by atoms with Crippen molar-refractivity contribution in [3.05, 3.63) is 77.1 Å². The lowest BCUT2D eigenvalue weighted by molar-refractivity contribution is 0.0822. The molecule has 8 heteroatoms. The van der Waals surface area contributed by atoms with Gasteiger partial charge in [-0.1, -0.05) is 36.9 Å². The number of carbonyl (C=O) groups is 1. The fourth-order valence-electron chi connectivity index (χ4n) is 6.92. The van der Waals surface area contributed by atoms with E-state index in [0.29, 0.717) is 23.6 Å². The van der Waals surface area contributed by atoms with Crippen molar-refractivity contribution in [3.8, 4) is 11.1 Å². The van der Waals surface area contributed by atoms with Gasteiger partial charge in [0.25, 0.3) is 5.91 Å². The average Bonchev–Trinajstić information content (AvgIpc) is 3.55. The topological polar surface area (TPSA) is 83.8 Å². The number of benzene rings is 2. The lowest BCUT2D eigenvalue weighted by atomic mass is 9.89. The Bertz CT molecular complexity index is 1750. The SMILES string of the molecule is C=c1/c(=C(N)\N=C/C)c(-c2ccc(NC(=O)c3cc4ccccc4n3C)cc2)cn1C1CCC(N2CCN(C)CC2)CC1. The molecular weight excluding hydrogens is 534 g/mol. The minimum Gasteiger partial charge on any atom is -0.383 e. The molecule has 2 aliphatic rings. The van der Waals surface area contributed by atoms with E-state index in [4.69, 9.17) is 5.73 Å². The zero-order valence-electron chi connectivity index (χ0n) is 25.6. The Morgan fingerprint density at radius 1 is 0.977 bits per heavy atom. The highest BCUT2D eigenvalue weighted by atomic mass is 16.1. The summed E-state index contributed by atoms with van der Waals surface area (Å²) in [7, 11) is 4.13. The average molecular weight is 578 g/mol. The fraction of sp³-hybridized carbons (Fsp3) is 0.371. The summed E-state index contributed by atoms with van der Waals surface area (Å²) in [5.74, 6) is 0.334. The van der Waals surface area contributed by atoms with Crippen LogP contribution in [0.5, 0.6) is 0 Å². The quantitative estimate of drug-likeness (QED) is 0.337. The maximum Gasteiger partial charge on any atom is 0.272 e. The lowest BCUT2D eigenvalue weighted by Crippen LogP contribution is -2.50. The fourth-order valence-corrected chi connectivity index (χ4v) is 6.92. The number of amides is 1. The number of anilines is 1. The number of rotatable bonds is 6. The molecule has 0 bridgehead atoms. The third-order valence-electron chi connectivity index (χ3n) is 9.41. The van der Waals surface area contributed by atoms with Crippen molar-refractivity contribution < 1.29 is 4.79 Å². The number of hydrogen-bond acceptors (Lipinski definition) is 5. The largest absolute Gasteiger partial charge is 0.383 e. The van der Waals surface area contributed by atoms with Crippen LogP contribution in [0.3, 0.4) is 0 Å². The molecule has 1 saturated heterocycles. The molecule has 8 nitrogen and oxygen atoms in total. The second kappa shape index (κ2) is 12.2. The van der Waals surface area contributed by atoms with Gasteiger partial charge in [0.15, 0.2) is 0 Å². The van der Waals surface area contributed by atoms with Crippen LogP contribution >= 0.6 is 0 Å². The summed E-state index contributed by atoms with van der Waals surface area (Å²) < 4.78 is 4.26. The highest BCUT2D eigenvalue weighted by molar-refractivity contribution is 6.06. The van der Waals surface area contributed by atoms with Crippen LogP contribution in [0.25, 0.3) is 34.4 Å². The first kappa shape index (κ1) is 29.0. The summed E-state index contributed by atoms with van der Waals surface area (Å²) >= 11 is 0. The zero-order valence-corrected chi connectivity index (χ0v) is 25.6. The van der Waals surface area contributed by atoms with Gasteiger partial charge >= 0.3 is 0 Å². The van der Waals surface area contributed by atoms with Gasteiger partial charge in [0.05, 0.1) is 0 Å². The van der Waals surface area contributed by atoms with Crippen LogP contribution in [0.1, 0.15) is 49.1 Å². The summed E-state index contributed by atoms with van der Waals surface area (Å²) in [5, 5.41) is 5.90. The molecule has 1 saturated carbocycles. The highest BCUT2D eigenvalue weighted by Crippen LogP contribution is 2.32. The van der Waals surface area contributed by atoms with Crippen molar-refractivity contribution >= 4 is 41.1 Å². The third kappa shape index (κ3) is 5.77. The molecule has 0 spiro atoms. The molecule has 0 radical (unpaired) electrons. The van der Waals surface area contributed by atoms with Crippen molar-refractivity contribution in [2.75, 3.05) is 38.5 Å². The number of aryl methyl sites for hydroxylation is 1. The van der Waals surface area contributed by atoms with E-state index < -0.39 is 0 Å². The van der Waals surface area contributed by atoms with Crippen LogP contribution in [0.2, 0.25) is 0 Å². The monoisotopic (exact) mass is 577 g/mol. The molecule has 3 heterocycles.